The van der Waals surface area contributed by atoms with E-state index in [1.54, 1.807) is 30.9 Å². The molecule has 1 amide bonds. The SMILES string of the molecule is C/C=C1/OC(CC(=O)N2CCC(C(=O)O)CC2)CN(S(=O)O)/C1=C/C. The summed E-state index contributed by atoms with van der Waals surface area (Å²) in [6.45, 7) is 4.47. The fraction of sp³-hybridized carbons (Fsp3) is 0.625. The molecule has 2 aliphatic rings. The van der Waals surface area contributed by atoms with Crippen molar-refractivity contribution in [3.63, 3.8) is 0 Å². The Morgan fingerprint density at radius 1 is 1.28 bits per heavy atom. The number of carboxylic acid groups (broad SMARTS) is 1. The van der Waals surface area contributed by atoms with Gasteiger partial charge in [0.15, 0.2) is 0 Å². The van der Waals surface area contributed by atoms with Gasteiger partial charge in [0.1, 0.15) is 11.9 Å². The molecule has 0 saturated carbocycles. The van der Waals surface area contributed by atoms with Crippen LogP contribution in [0.4, 0.5) is 0 Å². The van der Waals surface area contributed by atoms with Gasteiger partial charge in [-0.2, -0.15) is 0 Å². The number of carboxylic acids is 1. The summed E-state index contributed by atoms with van der Waals surface area (Å²) in [5, 5.41) is 9.02. The Morgan fingerprint density at radius 2 is 1.92 bits per heavy atom. The van der Waals surface area contributed by atoms with Crippen LogP contribution >= 0.6 is 0 Å². The van der Waals surface area contributed by atoms with Crippen molar-refractivity contribution in [3.8, 4) is 0 Å². The standard InChI is InChI=1S/C16H24N2O6S/c1-3-13-14(4-2)24-12(10-18(13)25(22)23)9-15(19)17-7-5-11(6-8-17)16(20)21/h3-4,11-12H,5-10H2,1-2H3,(H,20,21)(H,22,23)/b13-3+,14-4+. The minimum absolute atomic E-state index is 0.0831. The monoisotopic (exact) mass is 372 g/mol. The van der Waals surface area contributed by atoms with Crippen LogP contribution in [0.3, 0.4) is 0 Å². The average Bonchev–Trinajstić information content (AvgIpc) is 2.60. The van der Waals surface area contributed by atoms with Crippen molar-refractivity contribution in [1.82, 2.24) is 9.21 Å². The van der Waals surface area contributed by atoms with Gasteiger partial charge < -0.3 is 14.7 Å². The van der Waals surface area contributed by atoms with Crippen LogP contribution in [0, 0.1) is 5.92 Å². The summed E-state index contributed by atoms with van der Waals surface area (Å²) < 4.78 is 28.2. The highest BCUT2D eigenvalue weighted by molar-refractivity contribution is 7.76. The highest BCUT2D eigenvalue weighted by Gasteiger charge is 2.34. The van der Waals surface area contributed by atoms with Gasteiger partial charge >= 0.3 is 5.97 Å². The van der Waals surface area contributed by atoms with Gasteiger partial charge in [0.2, 0.25) is 5.91 Å². The summed E-state index contributed by atoms with van der Waals surface area (Å²) in [5.41, 5.74) is 0.523. The molecule has 9 heteroatoms. The number of rotatable bonds is 4. The molecule has 25 heavy (non-hydrogen) atoms. The Labute approximate surface area is 149 Å². The Kier molecular flexibility index (Phi) is 6.60. The molecule has 0 aromatic heterocycles. The number of amides is 1. The molecule has 2 saturated heterocycles. The molecule has 0 bridgehead atoms. The Morgan fingerprint density at radius 3 is 2.40 bits per heavy atom. The summed E-state index contributed by atoms with van der Waals surface area (Å²) in [4.78, 5) is 25.1. The number of aliphatic carboxylic acids is 1. The number of likely N-dealkylation sites (tertiary alicyclic amines) is 1. The lowest BCUT2D eigenvalue weighted by molar-refractivity contribution is -0.146. The maximum Gasteiger partial charge on any atom is 0.306 e. The van der Waals surface area contributed by atoms with Gasteiger partial charge in [-0.05, 0) is 32.8 Å². The zero-order valence-corrected chi connectivity index (χ0v) is 15.2. The van der Waals surface area contributed by atoms with Crippen molar-refractivity contribution < 1.29 is 28.2 Å². The molecule has 140 valence electrons. The van der Waals surface area contributed by atoms with Crippen molar-refractivity contribution in [1.29, 1.82) is 0 Å². The number of hydrogen-bond donors (Lipinski definition) is 2. The lowest BCUT2D eigenvalue weighted by Crippen LogP contribution is -2.45. The Hall–Kier alpha value is -1.87. The minimum atomic E-state index is -2.20. The van der Waals surface area contributed by atoms with Gasteiger partial charge in [0.25, 0.3) is 11.3 Å². The molecule has 2 fully saturated rings. The second kappa shape index (κ2) is 8.48. The van der Waals surface area contributed by atoms with Crippen LogP contribution in [-0.2, 0) is 25.6 Å². The fourth-order valence-corrected chi connectivity index (χ4v) is 3.80. The van der Waals surface area contributed by atoms with E-state index in [4.69, 9.17) is 9.84 Å². The molecule has 2 heterocycles. The average molecular weight is 372 g/mol. The fourth-order valence-electron chi connectivity index (χ4n) is 3.14. The second-order valence-corrected chi connectivity index (χ2v) is 6.96. The molecule has 2 N–H and O–H groups in total. The highest BCUT2D eigenvalue weighted by atomic mass is 32.2. The van der Waals surface area contributed by atoms with Crippen LogP contribution in [0.15, 0.2) is 23.6 Å². The van der Waals surface area contributed by atoms with Gasteiger partial charge in [-0.15, -0.1) is 0 Å². The first-order valence-electron chi connectivity index (χ1n) is 8.26. The third kappa shape index (κ3) is 4.60. The quantitative estimate of drug-likeness (QED) is 0.721. The molecule has 2 unspecified atom stereocenters. The molecule has 0 aromatic carbocycles. The number of nitrogens with zero attached hydrogens (tertiary/aromatic N) is 2. The lowest BCUT2D eigenvalue weighted by Gasteiger charge is -2.37. The normalized spacial score (nSPS) is 26.6. The van der Waals surface area contributed by atoms with Crippen LogP contribution < -0.4 is 0 Å². The van der Waals surface area contributed by atoms with E-state index < -0.39 is 29.3 Å². The molecular formula is C16H24N2O6S. The third-order valence-electron chi connectivity index (χ3n) is 4.51. The maximum atomic E-state index is 12.5. The van der Waals surface area contributed by atoms with Crippen LogP contribution in [-0.4, -0.2) is 60.7 Å². The van der Waals surface area contributed by atoms with Crippen molar-refractivity contribution in [3.05, 3.63) is 23.6 Å². The van der Waals surface area contributed by atoms with Crippen LogP contribution in [0.5, 0.6) is 0 Å². The van der Waals surface area contributed by atoms with E-state index in [9.17, 15) is 18.4 Å². The zero-order valence-electron chi connectivity index (χ0n) is 14.4. The summed E-state index contributed by atoms with van der Waals surface area (Å²) in [5.74, 6) is -0.870. The van der Waals surface area contributed by atoms with Crippen molar-refractivity contribution in [2.45, 2.75) is 39.2 Å². The number of piperidine rings is 1. The second-order valence-electron chi connectivity index (χ2n) is 6.06. The van der Waals surface area contributed by atoms with Gasteiger partial charge in [0.05, 0.1) is 24.6 Å². The summed E-state index contributed by atoms with van der Waals surface area (Å²) in [7, 11) is 0. The summed E-state index contributed by atoms with van der Waals surface area (Å²) in [6.07, 6.45) is 3.84. The molecule has 0 radical (unpaired) electrons. The van der Waals surface area contributed by atoms with Gasteiger partial charge in [-0.25, -0.2) is 4.21 Å². The van der Waals surface area contributed by atoms with Crippen molar-refractivity contribution in [2.24, 2.45) is 5.92 Å². The predicted molar refractivity (Wildman–Crippen MR) is 91.4 cm³/mol. The first-order valence-corrected chi connectivity index (χ1v) is 9.32. The molecule has 0 aromatic rings. The Balaban J connectivity index is 1.99. The predicted octanol–water partition coefficient (Wildman–Crippen LogP) is 1.34. The van der Waals surface area contributed by atoms with Gasteiger partial charge in [-0.1, -0.05) is 6.08 Å². The Bertz CT molecular complexity index is 610. The van der Waals surface area contributed by atoms with E-state index in [0.717, 1.165) is 0 Å². The summed E-state index contributed by atoms with van der Waals surface area (Å²) >= 11 is -2.20. The smallest absolute Gasteiger partial charge is 0.306 e. The molecule has 2 atom stereocenters. The third-order valence-corrected chi connectivity index (χ3v) is 5.23. The molecule has 2 rings (SSSR count). The summed E-state index contributed by atoms with van der Waals surface area (Å²) in [6, 6.07) is 0. The van der Waals surface area contributed by atoms with E-state index in [2.05, 4.69) is 0 Å². The first-order chi connectivity index (χ1) is 11.9. The number of carbonyl (C=O) groups excluding carboxylic acids is 1. The largest absolute Gasteiger partial charge is 0.486 e. The van der Waals surface area contributed by atoms with Crippen LogP contribution in [0.2, 0.25) is 0 Å². The van der Waals surface area contributed by atoms with E-state index >= 15 is 0 Å². The van der Waals surface area contributed by atoms with E-state index in [0.29, 0.717) is 37.4 Å². The van der Waals surface area contributed by atoms with Gasteiger partial charge in [-0.3, -0.25) is 18.4 Å². The molecular weight excluding hydrogens is 348 g/mol. The number of carbonyl (C=O) groups is 2. The number of morpholine rings is 1. The van der Waals surface area contributed by atoms with Crippen LogP contribution in [0.1, 0.15) is 33.1 Å². The van der Waals surface area contributed by atoms with E-state index in [-0.39, 0.29) is 18.9 Å². The van der Waals surface area contributed by atoms with Gasteiger partial charge in [0, 0.05) is 13.1 Å². The molecule has 2 aliphatic heterocycles. The number of hydrogen-bond acceptors (Lipinski definition) is 4. The van der Waals surface area contributed by atoms with E-state index in [1.165, 1.54) is 4.31 Å². The molecule has 0 spiro atoms. The lowest BCUT2D eigenvalue weighted by atomic mass is 9.97. The maximum absolute atomic E-state index is 12.5. The molecule has 8 nitrogen and oxygen atoms in total. The first kappa shape index (κ1) is 19.5. The number of ether oxygens (including phenoxy) is 1. The van der Waals surface area contributed by atoms with E-state index in [1.807, 2.05) is 0 Å². The van der Waals surface area contributed by atoms with Crippen molar-refractivity contribution >= 4 is 23.1 Å². The van der Waals surface area contributed by atoms with Crippen LogP contribution in [0.25, 0.3) is 0 Å². The van der Waals surface area contributed by atoms with Crippen molar-refractivity contribution in [2.75, 3.05) is 19.6 Å². The topological polar surface area (TPSA) is 107 Å². The zero-order chi connectivity index (χ0) is 18.6. The molecule has 0 aliphatic carbocycles. The number of allylic oxidation sites excluding steroid dienone is 2. The minimum Gasteiger partial charge on any atom is -0.486 e. The highest BCUT2D eigenvalue weighted by Crippen LogP contribution is 2.28.